The highest BCUT2D eigenvalue weighted by Crippen LogP contribution is 2.12. The Hall–Kier alpha value is -2.62. The Kier molecular flexibility index (Phi) is 6.75. The van der Waals surface area contributed by atoms with Crippen molar-refractivity contribution in [1.29, 1.82) is 0 Å². The number of amides is 2. The van der Waals surface area contributed by atoms with Crippen LogP contribution in [0.4, 0.5) is 0 Å². The van der Waals surface area contributed by atoms with Crippen LogP contribution in [0.3, 0.4) is 0 Å². The van der Waals surface area contributed by atoms with Crippen LogP contribution in [0.5, 0.6) is 0 Å². The lowest BCUT2D eigenvalue weighted by Crippen LogP contribution is -2.33. The quantitative estimate of drug-likeness (QED) is 0.833. The molecule has 0 aromatic heterocycles. The number of hydrogen-bond donors (Lipinski definition) is 1. The molecule has 4 heteroatoms. The first-order valence-corrected chi connectivity index (χ1v) is 8.79. The minimum atomic E-state index is -0.143. The molecule has 1 atom stereocenters. The first-order valence-electron chi connectivity index (χ1n) is 8.79. The van der Waals surface area contributed by atoms with E-state index in [9.17, 15) is 9.59 Å². The van der Waals surface area contributed by atoms with Gasteiger partial charge in [0.05, 0.1) is 0 Å². The zero-order valence-corrected chi connectivity index (χ0v) is 15.2. The van der Waals surface area contributed by atoms with Crippen molar-refractivity contribution in [3.05, 3.63) is 71.3 Å². The summed E-state index contributed by atoms with van der Waals surface area (Å²) in [5.41, 5.74) is 2.14. The van der Waals surface area contributed by atoms with Gasteiger partial charge in [0.15, 0.2) is 0 Å². The Bertz CT molecular complexity index is 713. The summed E-state index contributed by atoms with van der Waals surface area (Å²) in [5, 5.41) is 2.93. The van der Waals surface area contributed by atoms with Gasteiger partial charge in [-0.3, -0.25) is 9.59 Å². The average Bonchev–Trinajstić information content (AvgIpc) is 2.66. The zero-order valence-electron chi connectivity index (χ0n) is 15.2. The number of nitrogens with zero attached hydrogens (tertiary/aromatic N) is 1. The van der Waals surface area contributed by atoms with Gasteiger partial charge in [-0.1, -0.05) is 43.3 Å². The number of nitrogens with one attached hydrogen (secondary N) is 1. The molecule has 0 aliphatic carbocycles. The third-order valence-electron chi connectivity index (χ3n) is 4.25. The van der Waals surface area contributed by atoms with E-state index in [1.54, 1.807) is 29.2 Å². The van der Waals surface area contributed by atoms with Crippen molar-refractivity contribution in [3.63, 3.8) is 0 Å². The van der Waals surface area contributed by atoms with Crippen molar-refractivity contribution in [1.82, 2.24) is 10.2 Å². The fourth-order valence-corrected chi connectivity index (χ4v) is 2.52. The summed E-state index contributed by atoms with van der Waals surface area (Å²) < 4.78 is 0. The molecule has 1 unspecified atom stereocenters. The van der Waals surface area contributed by atoms with Crippen LogP contribution in [-0.2, 0) is 6.54 Å². The lowest BCUT2D eigenvalue weighted by atomic mass is 10.1. The summed E-state index contributed by atoms with van der Waals surface area (Å²) in [6.45, 7) is 7.11. The number of benzene rings is 2. The molecule has 25 heavy (non-hydrogen) atoms. The van der Waals surface area contributed by atoms with Crippen LogP contribution in [0, 0.1) is 0 Å². The first-order chi connectivity index (χ1) is 12.0. The van der Waals surface area contributed by atoms with Crippen molar-refractivity contribution < 1.29 is 9.59 Å². The highest BCUT2D eigenvalue weighted by molar-refractivity contribution is 5.99. The molecule has 1 N–H and O–H groups in total. The normalized spacial score (nSPS) is 11.6. The fraction of sp³-hybridized carbons (Fsp3) is 0.333. The zero-order chi connectivity index (χ0) is 18.2. The largest absolute Gasteiger partial charge is 0.350 e. The van der Waals surface area contributed by atoms with E-state index in [1.807, 2.05) is 51.1 Å². The monoisotopic (exact) mass is 338 g/mol. The number of carbonyl (C=O) groups excluding carboxylic acids is 2. The molecule has 0 saturated carbocycles. The molecule has 0 bridgehead atoms. The molecule has 0 spiro atoms. The van der Waals surface area contributed by atoms with Gasteiger partial charge in [0, 0.05) is 30.3 Å². The van der Waals surface area contributed by atoms with Gasteiger partial charge in [-0.05, 0) is 44.0 Å². The van der Waals surface area contributed by atoms with Gasteiger partial charge in [-0.2, -0.15) is 0 Å². The van der Waals surface area contributed by atoms with Gasteiger partial charge in [0.25, 0.3) is 11.8 Å². The van der Waals surface area contributed by atoms with Crippen LogP contribution in [0.25, 0.3) is 0 Å². The summed E-state index contributed by atoms with van der Waals surface area (Å²) in [4.78, 5) is 26.9. The molecular formula is C21H26N2O2. The predicted octanol–water partition coefficient (Wildman–Crippen LogP) is 3.88. The molecule has 0 aliphatic rings. The Morgan fingerprint density at radius 2 is 1.68 bits per heavy atom. The molecule has 0 fully saturated rings. The van der Waals surface area contributed by atoms with Gasteiger partial charge in [-0.25, -0.2) is 0 Å². The Morgan fingerprint density at radius 1 is 1.00 bits per heavy atom. The van der Waals surface area contributed by atoms with E-state index >= 15 is 0 Å². The second-order valence-corrected chi connectivity index (χ2v) is 6.17. The molecule has 2 rings (SSSR count). The number of rotatable bonds is 7. The molecule has 2 aromatic carbocycles. The van der Waals surface area contributed by atoms with E-state index in [-0.39, 0.29) is 17.9 Å². The molecule has 0 radical (unpaired) electrons. The van der Waals surface area contributed by atoms with Crippen LogP contribution < -0.4 is 5.32 Å². The second-order valence-electron chi connectivity index (χ2n) is 6.17. The summed E-state index contributed by atoms with van der Waals surface area (Å²) in [6.07, 6.45) is 0.866. The van der Waals surface area contributed by atoms with Gasteiger partial charge in [0.1, 0.15) is 0 Å². The van der Waals surface area contributed by atoms with Crippen LogP contribution >= 0.6 is 0 Å². The molecule has 2 aromatic rings. The van der Waals surface area contributed by atoms with Crippen molar-refractivity contribution >= 4 is 11.8 Å². The molecule has 0 saturated heterocycles. The van der Waals surface area contributed by atoms with E-state index in [0.29, 0.717) is 24.2 Å². The molecule has 0 heterocycles. The average molecular weight is 338 g/mol. The third-order valence-corrected chi connectivity index (χ3v) is 4.25. The first kappa shape index (κ1) is 18.7. The fourth-order valence-electron chi connectivity index (χ4n) is 2.52. The Morgan fingerprint density at radius 3 is 2.32 bits per heavy atom. The Balaban J connectivity index is 2.15. The summed E-state index contributed by atoms with van der Waals surface area (Å²) in [5.74, 6) is -0.209. The maximum absolute atomic E-state index is 12.8. The number of hydrogen-bond acceptors (Lipinski definition) is 2. The van der Waals surface area contributed by atoms with E-state index in [4.69, 9.17) is 0 Å². The molecule has 0 aliphatic heterocycles. The van der Waals surface area contributed by atoms with Crippen LogP contribution in [0.2, 0.25) is 0 Å². The van der Waals surface area contributed by atoms with Crippen molar-refractivity contribution in [2.75, 3.05) is 6.54 Å². The summed E-state index contributed by atoms with van der Waals surface area (Å²) in [7, 11) is 0. The van der Waals surface area contributed by atoms with E-state index < -0.39 is 0 Å². The van der Waals surface area contributed by atoms with Gasteiger partial charge >= 0.3 is 0 Å². The smallest absolute Gasteiger partial charge is 0.254 e. The SMILES string of the molecule is CCC(C)NC(=O)c1cccc(C(=O)N(CC)Cc2ccccc2)c1. The molecular weight excluding hydrogens is 312 g/mol. The highest BCUT2D eigenvalue weighted by atomic mass is 16.2. The van der Waals surface area contributed by atoms with Gasteiger partial charge in [-0.15, -0.1) is 0 Å². The van der Waals surface area contributed by atoms with E-state index in [1.165, 1.54) is 0 Å². The van der Waals surface area contributed by atoms with E-state index in [0.717, 1.165) is 12.0 Å². The van der Waals surface area contributed by atoms with Crippen molar-refractivity contribution in [3.8, 4) is 0 Å². The topological polar surface area (TPSA) is 49.4 Å². The maximum atomic E-state index is 12.8. The van der Waals surface area contributed by atoms with Crippen molar-refractivity contribution in [2.24, 2.45) is 0 Å². The van der Waals surface area contributed by atoms with Crippen molar-refractivity contribution in [2.45, 2.75) is 39.8 Å². The van der Waals surface area contributed by atoms with Gasteiger partial charge in [0.2, 0.25) is 0 Å². The summed E-state index contributed by atoms with van der Waals surface area (Å²) in [6, 6.07) is 16.9. The minimum absolute atomic E-state index is 0.0652. The molecule has 2 amide bonds. The maximum Gasteiger partial charge on any atom is 0.254 e. The van der Waals surface area contributed by atoms with Crippen LogP contribution in [-0.4, -0.2) is 29.3 Å². The van der Waals surface area contributed by atoms with Gasteiger partial charge < -0.3 is 10.2 Å². The predicted molar refractivity (Wildman–Crippen MR) is 101 cm³/mol. The lowest BCUT2D eigenvalue weighted by Gasteiger charge is -2.21. The summed E-state index contributed by atoms with van der Waals surface area (Å²) >= 11 is 0. The lowest BCUT2D eigenvalue weighted by molar-refractivity contribution is 0.0752. The van der Waals surface area contributed by atoms with E-state index in [2.05, 4.69) is 5.32 Å². The number of carbonyl (C=O) groups is 2. The molecule has 4 nitrogen and oxygen atoms in total. The highest BCUT2D eigenvalue weighted by Gasteiger charge is 2.17. The van der Waals surface area contributed by atoms with Crippen LogP contribution in [0.15, 0.2) is 54.6 Å². The Labute approximate surface area is 149 Å². The third kappa shape index (κ3) is 5.18. The minimum Gasteiger partial charge on any atom is -0.350 e. The molecule has 132 valence electrons. The standard InChI is InChI=1S/C21H26N2O2/c1-4-16(3)22-20(24)18-12-9-13-19(14-18)21(25)23(5-2)15-17-10-7-6-8-11-17/h6-14,16H,4-5,15H2,1-3H3,(H,22,24). The second kappa shape index (κ2) is 9.02. The van der Waals surface area contributed by atoms with Crippen LogP contribution in [0.1, 0.15) is 53.5 Å².